The van der Waals surface area contributed by atoms with Crippen LogP contribution in [0.4, 0.5) is 30.2 Å². The van der Waals surface area contributed by atoms with Crippen LogP contribution in [-0.2, 0) is 64.8 Å². The van der Waals surface area contributed by atoms with E-state index in [1.807, 2.05) is 198 Å². The van der Waals surface area contributed by atoms with E-state index in [2.05, 4.69) is 355 Å². The summed E-state index contributed by atoms with van der Waals surface area (Å²) < 4.78 is 62.1. The molecule has 1 unspecified atom stereocenters. The predicted octanol–water partition coefficient (Wildman–Crippen LogP) is 39.0. The number of aliphatic hydroxyl groups is 1. The molecular formula is C130H147Br3F3Mo3N6O3-3. The second kappa shape index (κ2) is 59.4. The second-order valence-corrected chi connectivity index (χ2v) is 48.4. The fraction of sp³-hybridized carbons (Fsp3) is 0.285. The fourth-order valence-electron chi connectivity index (χ4n) is 15.5. The summed E-state index contributed by atoms with van der Waals surface area (Å²) in [5.41, 5.74) is 28.1. The van der Waals surface area contributed by atoms with Crippen LogP contribution in [-0.4, -0.2) is 34.7 Å². The standard InChI is InChI=1S/C31H22Br2O.C18H13BrO.3C12H17N.C10H12.C9H9F3O.2C6H8N.2C5H10.C4H4N.3Mo/c1-20-12-14-23(15-13-20)28-26(21-8-4-2-5-9-21)30(33)27(22-10-6-3-7-11-22)29(31(28)34)24-16-18-25(32)19-17-24;19-15-11-16(13-7-3-1-4-8-13)18(20)17(12-15)14-9-5-2-6-10-14;3*1-8(2)10-6-5-7-11(9(3)4)12(10)13;1-10(2,3)9-7-5-4-6-8-9;1-8(13,9(10,11)12)7-5-3-2-4-6-7;2*1-5-3-4-6(2)7-5;2*1-5(2,3)4;1-2-4-5-3-1;;;/h2-19,34H,1H3;1-12,20H;3*5-9H,1-4H3;1,4-8H,2-3H3;2-6,13H,1H3;2*3-4H,1-2H3;2*1H,2-4H3;1-4H;;;/q;;;;;;;2*-1;;;-1;;;. The van der Waals surface area contributed by atoms with Crippen molar-refractivity contribution in [2.24, 2.45) is 21.3 Å². The quantitative estimate of drug-likeness (QED) is 0.0731. The third-order valence-electron chi connectivity index (χ3n) is 23.6. The smallest absolute Gasteiger partial charge is 0.421 e. The zero-order valence-electron chi connectivity index (χ0n) is 90.6. The van der Waals surface area contributed by atoms with Gasteiger partial charge in [-0.3, -0.25) is 0 Å². The van der Waals surface area contributed by atoms with Gasteiger partial charge in [0.2, 0.25) is 0 Å². The van der Waals surface area contributed by atoms with E-state index in [1.165, 1.54) is 85.8 Å². The van der Waals surface area contributed by atoms with Gasteiger partial charge in [0.05, 0.1) is 0 Å². The van der Waals surface area contributed by atoms with Crippen molar-refractivity contribution in [2.45, 2.75) is 233 Å². The summed E-state index contributed by atoms with van der Waals surface area (Å²) in [5.74, 6) is 3.77. The Morgan fingerprint density at radius 2 is 0.568 bits per heavy atom. The maximum absolute atomic E-state index is 12.3. The Kier molecular flexibility index (Phi) is 49.3. The number of halogens is 6. The Balaban J connectivity index is 0.000000212. The van der Waals surface area contributed by atoms with Crippen LogP contribution in [0.25, 0.3) is 66.8 Å². The normalized spacial score (nSPS) is 11.5. The number of phenols is 2. The van der Waals surface area contributed by atoms with E-state index < -0.39 is 65.5 Å². The van der Waals surface area contributed by atoms with Crippen LogP contribution in [0, 0.1) is 45.4 Å². The van der Waals surface area contributed by atoms with Crippen LogP contribution in [0.1, 0.15) is 254 Å². The topological polar surface area (TPSA) is 140 Å². The summed E-state index contributed by atoms with van der Waals surface area (Å²) in [6.07, 6.45) is -1.14. The molecule has 13 aromatic carbocycles. The largest absolute Gasteiger partial charge is 0.670 e. The van der Waals surface area contributed by atoms with Crippen molar-refractivity contribution in [3.05, 3.63) is 432 Å². The van der Waals surface area contributed by atoms with Crippen LogP contribution in [0.3, 0.4) is 0 Å². The van der Waals surface area contributed by atoms with Gasteiger partial charge in [-0.05, 0) is 93.0 Å². The van der Waals surface area contributed by atoms with Crippen molar-refractivity contribution in [1.82, 2.24) is 15.0 Å². The van der Waals surface area contributed by atoms with Crippen LogP contribution in [0.2, 0.25) is 0 Å². The zero-order valence-corrected chi connectivity index (χ0v) is 101. The number of benzene rings is 13. The molecule has 0 aliphatic heterocycles. The Hall–Kier alpha value is -10.4. The summed E-state index contributed by atoms with van der Waals surface area (Å²) in [6, 6.07) is 110. The molecule has 0 radical (unpaired) electrons. The number of hydrogen-bond acceptors (Lipinski definition) is 6. The van der Waals surface area contributed by atoms with Gasteiger partial charge in [-0.1, -0.05) is 290 Å². The molecule has 0 saturated heterocycles. The fourth-order valence-corrected chi connectivity index (χ4v) is 22.3. The number of aryl methyl sites for hydroxylation is 5. The molecule has 1 atom stereocenters. The molecule has 3 aromatic heterocycles. The van der Waals surface area contributed by atoms with Crippen molar-refractivity contribution >= 4 is 78.1 Å². The average Bonchev–Trinajstić information content (AvgIpc) is 0.981. The first kappa shape index (κ1) is 123. The molecule has 0 amide bonds. The molecule has 18 heteroatoms. The molecule has 778 valence electrons. The molecule has 0 bridgehead atoms. The summed E-state index contributed by atoms with van der Waals surface area (Å²) in [7, 11) is 0. The van der Waals surface area contributed by atoms with E-state index in [4.69, 9.17) is 10.5 Å². The predicted molar refractivity (Wildman–Crippen MR) is 624 cm³/mol. The van der Waals surface area contributed by atoms with Crippen LogP contribution >= 0.6 is 47.8 Å². The molecule has 16 aromatic rings. The van der Waals surface area contributed by atoms with Gasteiger partial charge in [0, 0.05) is 46.8 Å². The van der Waals surface area contributed by atoms with E-state index in [0.717, 1.165) is 110 Å². The number of aromatic hydroxyl groups is 2. The summed E-state index contributed by atoms with van der Waals surface area (Å²) in [5, 5.41) is 31.8. The average molecular weight is 2430 g/mol. The molecule has 0 aliphatic rings. The SMILES string of the molecule is CC(C)c1cccc(C(C)C)c1[N]=[Mo]=[CH]C(C)(C)C.CC(C)c1cccc(C(C)C)c1[N]=[Mo]=[CH]C(C)(C)C.CC(C)c1cccc(C(C)C)c1[N]=[Mo]=[CH]C(C)(C)c1ccccc1.CC(O)(c1ccccc1)C(F)(F)F.Cc1ccc(-c2c(O)c(-c3ccc(Br)cc3)c(-c3ccccc3)c(Br)c2-c2ccccc2)cc1.Cc1ccc(C)[n-]1.Cc1ccc(C)[n-]1.Oc1c(-c2ccccc2)cc(Br)cc1-c1ccccc1.c1cc[n-]c1. The Bertz CT molecular complexity index is 6560. The van der Waals surface area contributed by atoms with Crippen LogP contribution in [0.15, 0.2) is 370 Å². The molecule has 0 saturated carbocycles. The minimum Gasteiger partial charge on any atom is -0.670 e. The maximum atomic E-state index is 12.3. The number of hydrogen-bond donors (Lipinski definition) is 3. The third-order valence-corrected chi connectivity index (χ3v) is 33.2. The number of aromatic nitrogens is 3. The Morgan fingerprint density at radius 1 is 0.297 bits per heavy atom. The maximum Gasteiger partial charge on any atom is 0.421 e. The summed E-state index contributed by atoms with van der Waals surface area (Å²) in [4.78, 5) is 11.9. The minimum atomic E-state index is -4.64. The monoisotopic (exact) mass is 2430 g/mol. The van der Waals surface area contributed by atoms with E-state index in [-0.39, 0.29) is 27.6 Å². The van der Waals surface area contributed by atoms with Gasteiger partial charge in [0.1, 0.15) is 11.5 Å². The van der Waals surface area contributed by atoms with Gasteiger partial charge in [-0.25, -0.2) is 0 Å². The van der Waals surface area contributed by atoms with Gasteiger partial charge in [0.25, 0.3) is 0 Å². The number of nitrogens with zero attached hydrogens (tertiary/aromatic N) is 6. The van der Waals surface area contributed by atoms with Crippen molar-refractivity contribution < 1.29 is 82.2 Å². The molecular weight excluding hydrogens is 2280 g/mol. The van der Waals surface area contributed by atoms with Gasteiger partial charge < -0.3 is 30.3 Å². The minimum absolute atomic E-state index is 0.0811. The van der Waals surface area contributed by atoms with Crippen molar-refractivity contribution in [3.63, 3.8) is 0 Å². The van der Waals surface area contributed by atoms with Gasteiger partial charge in [0.15, 0.2) is 5.60 Å². The summed E-state index contributed by atoms with van der Waals surface area (Å²) in [6.45, 7) is 56.0. The first-order valence-corrected chi connectivity index (χ1v) is 58.8. The molecule has 148 heavy (non-hydrogen) atoms. The number of rotatable bonds is 18. The molecule has 0 aliphatic carbocycles. The van der Waals surface area contributed by atoms with E-state index in [1.54, 1.807) is 18.5 Å². The number of phenolic OH excluding ortho intramolecular Hbond substituents is 2. The van der Waals surface area contributed by atoms with Gasteiger partial charge in [-0.2, -0.15) is 48.3 Å². The van der Waals surface area contributed by atoms with Crippen molar-refractivity contribution in [3.8, 4) is 78.3 Å². The first-order chi connectivity index (χ1) is 70.0. The van der Waals surface area contributed by atoms with E-state index >= 15 is 0 Å². The van der Waals surface area contributed by atoms with Crippen molar-refractivity contribution in [2.75, 3.05) is 0 Å². The van der Waals surface area contributed by atoms with Gasteiger partial charge >= 0.3 is 415 Å². The molecule has 0 spiro atoms. The van der Waals surface area contributed by atoms with Gasteiger partial charge in [-0.15, -0.1) is 0 Å². The van der Waals surface area contributed by atoms with E-state index in [9.17, 15) is 28.5 Å². The molecule has 16 rings (SSSR count). The molecule has 3 N–H and O–H groups in total. The van der Waals surface area contributed by atoms with Crippen LogP contribution in [0.5, 0.6) is 11.5 Å². The zero-order chi connectivity index (χ0) is 109. The first-order valence-electron chi connectivity index (χ1n) is 50.2. The van der Waals surface area contributed by atoms with Crippen molar-refractivity contribution in [1.29, 1.82) is 0 Å². The molecule has 3 heterocycles. The Labute approximate surface area is 931 Å². The molecule has 9 nitrogen and oxygen atoms in total. The third kappa shape index (κ3) is 38.5. The number of alkyl halides is 3. The van der Waals surface area contributed by atoms with Crippen LogP contribution < -0.4 is 15.0 Å². The second-order valence-electron chi connectivity index (χ2n) is 41.1. The van der Waals surface area contributed by atoms with E-state index in [0.29, 0.717) is 41.3 Å². The Morgan fingerprint density at radius 3 is 0.831 bits per heavy atom. The molecule has 0 fully saturated rings. The summed E-state index contributed by atoms with van der Waals surface area (Å²) >= 11 is 9.68.